The van der Waals surface area contributed by atoms with Crippen molar-refractivity contribution in [3.05, 3.63) is 42.5 Å². The number of urea groups is 1. The van der Waals surface area contributed by atoms with Crippen LogP contribution < -0.4 is 16.0 Å². The Labute approximate surface area is 147 Å². The smallest absolute Gasteiger partial charge is 0.319 e. The lowest BCUT2D eigenvalue weighted by molar-refractivity contribution is -0.123. The number of benzene rings is 1. The first-order chi connectivity index (χ1) is 12.0. The van der Waals surface area contributed by atoms with Crippen LogP contribution in [0.3, 0.4) is 0 Å². The maximum atomic E-state index is 12.1. The van der Waals surface area contributed by atoms with E-state index in [4.69, 9.17) is 0 Å². The van der Waals surface area contributed by atoms with Crippen LogP contribution in [0.1, 0.15) is 32.8 Å². The molecule has 2 aromatic rings. The summed E-state index contributed by atoms with van der Waals surface area (Å²) >= 11 is 0. The first-order valence-electron chi connectivity index (χ1n) is 8.27. The molecule has 3 amide bonds. The number of amides is 3. The van der Waals surface area contributed by atoms with E-state index in [9.17, 15) is 9.59 Å². The Morgan fingerprint density at radius 2 is 2.04 bits per heavy atom. The molecule has 3 N–H and O–H groups in total. The van der Waals surface area contributed by atoms with Gasteiger partial charge in [-0.15, -0.1) is 0 Å². The van der Waals surface area contributed by atoms with Gasteiger partial charge in [-0.3, -0.25) is 4.79 Å². The number of nitrogens with one attached hydrogen (secondary N) is 3. The van der Waals surface area contributed by atoms with E-state index in [1.165, 1.54) is 6.33 Å². The number of anilines is 1. The number of hydrogen-bond donors (Lipinski definition) is 3. The van der Waals surface area contributed by atoms with Crippen LogP contribution in [0.2, 0.25) is 0 Å². The summed E-state index contributed by atoms with van der Waals surface area (Å²) < 4.78 is 1.69. The third-order valence-electron chi connectivity index (χ3n) is 3.74. The van der Waals surface area contributed by atoms with Gasteiger partial charge in [0.2, 0.25) is 5.91 Å². The minimum Gasteiger partial charge on any atom is -0.352 e. The Morgan fingerprint density at radius 3 is 2.72 bits per heavy atom. The van der Waals surface area contributed by atoms with Crippen molar-refractivity contribution in [3.8, 4) is 0 Å². The highest BCUT2D eigenvalue weighted by Crippen LogP contribution is 2.11. The van der Waals surface area contributed by atoms with E-state index < -0.39 is 12.1 Å². The first kappa shape index (κ1) is 18.4. The molecule has 0 aliphatic heterocycles. The zero-order chi connectivity index (χ0) is 18.2. The Morgan fingerprint density at radius 1 is 1.24 bits per heavy atom. The van der Waals surface area contributed by atoms with Crippen LogP contribution in [0.4, 0.5) is 10.5 Å². The number of carbonyl (C=O) groups is 2. The van der Waals surface area contributed by atoms with Gasteiger partial charge < -0.3 is 16.0 Å². The third kappa shape index (κ3) is 5.91. The molecule has 0 aliphatic carbocycles. The maximum Gasteiger partial charge on any atom is 0.319 e. The lowest BCUT2D eigenvalue weighted by Gasteiger charge is -2.18. The summed E-state index contributed by atoms with van der Waals surface area (Å²) in [5.41, 5.74) is 1.62. The average molecular weight is 344 g/mol. The van der Waals surface area contributed by atoms with Crippen molar-refractivity contribution in [3.63, 3.8) is 0 Å². The highest BCUT2D eigenvalue weighted by atomic mass is 16.2. The van der Waals surface area contributed by atoms with Gasteiger partial charge in [0.25, 0.3) is 0 Å². The highest BCUT2D eigenvalue weighted by Gasteiger charge is 2.16. The molecule has 0 unspecified atom stereocenters. The van der Waals surface area contributed by atoms with Gasteiger partial charge in [0.05, 0.1) is 6.54 Å². The fraction of sp³-hybridized carbons (Fsp3) is 0.412. The quantitative estimate of drug-likeness (QED) is 0.712. The van der Waals surface area contributed by atoms with Crippen molar-refractivity contribution in [2.75, 3.05) is 5.32 Å². The summed E-state index contributed by atoms with van der Waals surface area (Å²) in [6, 6.07) is 6.46. The van der Waals surface area contributed by atoms with E-state index >= 15 is 0 Å². The summed E-state index contributed by atoms with van der Waals surface area (Å²) in [6.07, 6.45) is 3.94. The molecule has 25 heavy (non-hydrogen) atoms. The Kier molecular flexibility index (Phi) is 6.50. The number of hydrogen-bond acceptors (Lipinski definition) is 4. The zero-order valence-corrected chi connectivity index (χ0v) is 14.7. The van der Waals surface area contributed by atoms with Gasteiger partial charge in [-0.25, -0.2) is 14.5 Å². The summed E-state index contributed by atoms with van der Waals surface area (Å²) in [5.74, 6) is -0.204. The van der Waals surface area contributed by atoms with Crippen molar-refractivity contribution >= 4 is 17.6 Å². The second-order valence-electron chi connectivity index (χ2n) is 5.93. The van der Waals surface area contributed by atoms with Crippen LogP contribution in [0.25, 0.3) is 0 Å². The molecule has 134 valence electrons. The monoisotopic (exact) mass is 344 g/mol. The second kappa shape index (κ2) is 8.81. The van der Waals surface area contributed by atoms with Crippen LogP contribution >= 0.6 is 0 Å². The van der Waals surface area contributed by atoms with Crippen LogP contribution in [-0.4, -0.2) is 38.8 Å². The van der Waals surface area contributed by atoms with Crippen LogP contribution in [0, 0.1) is 0 Å². The molecule has 0 fully saturated rings. The molecule has 8 heteroatoms. The summed E-state index contributed by atoms with van der Waals surface area (Å²) in [4.78, 5) is 27.9. The van der Waals surface area contributed by atoms with Crippen molar-refractivity contribution in [2.45, 2.75) is 45.8 Å². The van der Waals surface area contributed by atoms with E-state index in [1.807, 2.05) is 32.0 Å². The minimum atomic E-state index is -0.618. The zero-order valence-electron chi connectivity index (χ0n) is 14.7. The Balaban J connectivity index is 1.88. The molecule has 0 bridgehead atoms. The molecule has 8 nitrogen and oxygen atoms in total. The van der Waals surface area contributed by atoms with Gasteiger partial charge >= 0.3 is 6.03 Å². The van der Waals surface area contributed by atoms with Gasteiger partial charge in [-0.05, 0) is 38.0 Å². The number of carbonyl (C=O) groups excluding carboxylic acids is 2. The fourth-order valence-corrected chi connectivity index (χ4v) is 2.15. The highest BCUT2D eigenvalue weighted by molar-refractivity contribution is 5.93. The van der Waals surface area contributed by atoms with Crippen LogP contribution in [0.5, 0.6) is 0 Å². The largest absolute Gasteiger partial charge is 0.352 e. The van der Waals surface area contributed by atoms with Gasteiger partial charge in [0.1, 0.15) is 18.7 Å². The molecule has 0 aliphatic rings. The minimum absolute atomic E-state index is 0.0771. The van der Waals surface area contributed by atoms with E-state index in [0.29, 0.717) is 12.2 Å². The number of rotatable bonds is 7. The summed E-state index contributed by atoms with van der Waals surface area (Å²) in [6.45, 7) is 6.12. The fourth-order valence-electron chi connectivity index (χ4n) is 2.15. The predicted molar refractivity (Wildman–Crippen MR) is 95.1 cm³/mol. The van der Waals surface area contributed by atoms with Crippen molar-refractivity contribution in [1.82, 2.24) is 25.4 Å². The lowest BCUT2D eigenvalue weighted by atomic mass is 10.2. The Hall–Kier alpha value is -2.90. The topological polar surface area (TPSA) is 101 Å². The van der Waals surface area contributed by atoms with Gasteiger partial charge in [-0.1, -0.05) is 19.1 Å². The van der Waals surface area contributed by atoms with E-state index in [1.54, 1.807) is 24.0 Å². The molecule has 0 spiro atoms. The molecule has 0 saturated carbocycles. The van der Waals surface area contributed by atoms with Crippen molar-refractivity contribution in [1.29, 1.82) is 0 Å². The lowest BCUT2D eigenvalue weighted by Crippen LogP contribution is -2.48. The molecular weight excluding hydrogens is 320 g/mol. The molecule has 0 radical (unpaired) electrons. The maximum absolute atomic E-state index is 12.1. The van der Waals surface area contributed by atoms with Gasteiger partial charge in [0, 0.05) is 11.7 Å². The normalized spacial score (nSPS) is 12.9. The molecule has 2 rings (SSSR count). The van der Waals surface area contributed by atoms with Crippen molar-refractivity contribution in [2.24, 2.45) is 0 Å². The van der Waals surface area contributed by atoms with Gasteiger partial charge in [0.15, 0.2) is 0 Å². The molecule has 1 aromatic carbocycles. The molecule has 0 saturated heterocycles. The Bertz CT molecular complexity index is 701. The molecule has 2 atom stereocenters. The van der Waals surface area contributed by atoms with E-state index in [-0.39, 0.29) is 11.9 Å². The molecule has 1 heterocycles. The summed E-state index contributed by atoms with van der Waals surface area (Å²) in [7, 11) is 0. The summed E-state index contributed by atoms with van der Waals surface area (Å²) in [5, 5.41) is 12.3. The standard InChI is InChI=1S/C17H24N6O2/c1-4-12(2)20-16(24)13(3)21-17(25)22-15-7-5-6-14(8-15)9-23-11-18-10-19-23/h5-8,10-13H,4,9H2,1-3H3,(H,20,24)(H2,21,22,25)/t12-,13-/m0/s1. The average Bonchev–Trinajstić information content (AvgIpc) is 3.07. The van der Waals surface area contributed by atoms with Gasteiger partial charge in [-0.2, -0.15) is 5.10 Å². The molecule has 1 aromatic heterocycles. The van der Waals surface area contributed by atoms with Crippen LogP contribution in [-0.2, 0) is 11.3 Å². The van der Waals surface area contributed by atoms with E-state index in [2.05, 4.69) is 26.0 Å². The number of aromatic nitrogens is 3. The first-order valence-corrected chi connectivity index (χ1v) is 8.27. The van der Waals surface area contributed by atoms with Crippen LogP contribution in [0.15, 0.2) is 36.9 Å². The van der Waals surface area contributed by atoms with Crippen molar-refractivity contribution < 1.29 is 9.59 Å². The molecular formula is C17H24N6O2. The second-order valence-corrected chi connectivity index (χ2v) is 5.93. The predicted octanol–water partition coefficient (Wildman–Crippen LogP) is 1.75. The number of nitrogens with zero attached hydrogens (tertiary/aromatic N) is 3. The van der Waals surface area contributed by atoms with E-state index in [0.717, 1.165) is 12.0 Å². The SMILES string of the molecule is CC[C@H](C)NC(=O)[C@H](C)NC(=O)Nc1cccc(Cn2cncn2)c1. The third-order valence-corrected chi connectivity index (χ3v) is 3.74.